The number of aliphatic hydroxyl groups excluding tert-OH is 1. The van der Waals surface area contributed by atoms with Gasteiger partial charge in [0.05, 0.1) is 0 Å². The van der Waals surface area contributed by atoms with Gasteiger partial charge >= 0.3 is 0 Å². The fourth-order valence-electron chi connectivity index (χ4n) is 1.24. The molecule has 12 heavy (non-hydrogen) atoms. The molecule has 0 spiro atoms. The number of hydrogen-bond acceptors (Lipinski definition) is 1. The normalized spacial score (nSPS) is 22.0. The van der Waals surface area contributed by atoms with Crippen LogP contribution in [-0.2, 0) is 0 Å². The van der Waals surface area contributed by atoms with E-state index >= 15 is 0 Å². The van der Waals surface area contributed by atoms with Gasteiger partial charge in [-0.3, -0.25) is 0 Å². The third-order valence-electron chi connectivity index (χ3n) is 2.08. The molecule has 0 unspecified atom stereocenters. The number of rotatable bonds is 2. The average Bonchev–Trinajstić information content (AvgIpc) is 2.35. The summed E-state index contributed by atoms with van der Waals surface area (Å²) in [6.45, 7) is 6.84. The lowest BCUT2D eigenvalue weighted by atomic mass is 9.79. The Morgan fingerprint density at radius 3 is 2.33 bits per heavy atom. The molecule has 67 valence electrons. The molecule has 1 aliphatic carbocycles. The van der Waals surface area contributed by atoms with Crippen LogP contribution in [0.5, 0.6) is 0 Å². The van der Waals surface area contributed by atoms with Crippen LogP contribution in [0.4, 0.5) is 0 Å². The fourth-order valence-corrected chi connectivity index (χ4v) is 1.24. The summed E-state index contributed by atoms with van der Waals surface area (Å²) in [5.74, 6) is 2.59. The van der Waals surface area contributed by atoms with E-state index in [1.165, 1.54) is 11.8 Å². The Labute approximate surface area is 76.2 Å². The molecule has 1 nitrogen and oxygen atoms in total. The van der Waals surface area contributed by atoms with Crippen LogP contribution >= 0.6 is 0 Å². The Morgan fingerprint density at radius 2 is 1.92 bits per heavy atom. The van der Waals surface area contributed by atoms with Gasteiger partial charge in [-0.1, -0.05) is 20.8 Å². The lowest BCUT2D eigenvalue weighted by Crippen LogP contribution is -2.16. The SMILES string of the molecule is CC(C)(C)[C]1[CH][CH][C](CCO)[CH]1. The summed E-state index contributed by atoms with van der Waals surface area (Å²) >= 11 is 0. The van der Waals surface area contributed by atoms with Crippen molar-refractivity contribution in [1.29, 1.82) is 0 Å². The highest BCUT2D eigenvalue weighted by atomic mass is 16.3. The Hall–Kier alpha value is -0.0400. The third-order valence-corrected chi connectivity index (χ3v) is 2.08. The standard InChI is InChI=1S/C11H17O/c1-11(2,3)10-5-4-9(8-10)6-7-12/h4-5,8,12H,6-7H2,1-3H3. The molecule has 0 bridgehead atoms. The zero-order valence-corrected chi connectivity index (χ0v) is 8.09. The van der Waals surface area contributed by atoms with Gasteiger partial charge in [-0.2, -0.15) is 0 Å². The first-order valence-electron chi connectivity index (χ1n) is 4.41. The summed E-state index contributed by atoms with van der Waals surface area (Å²) in [5, 5.41) is 8.73. The van der Waals surface area contributed by atoms with Crippen LogP contribution in [-0.4, -0.2) is 11.7 Å². The van der Waals surface area contributed by atoms with Crippen molar-refractivity contribution in [3.05, 3.63) is 31.1 Å². The van der Waals surface area contributed by atoms with Gasteiger partial charge in [0, 0.05) is 6.61 Å². The molecule has 0 aliphatic heterocycles. The van der Waals surface area contributed by atoms with E-state index in [2.05, 4.69) is 40.0 Å². The predicted octanol–water partition coefficient (Wildman–Crippen LogP) is 2.19. The zero-order valence-electron chi connectivity index (χ0n) is 8.09. The molecule has 1 fully saturated rings. The van der Waals surface area contributed by atoms with Gasteiger partial charge in [-0.15, -0.1) is 0 Å². The zero-order chi connectivity index (χ0) is 9.19. The lowest BCUT2D eigenvalue weighted by Gasteiger charge is -2.25. The first kappa shape index (κ1) is 10.0. The predicted molar refractivity (Wildman–Crippen MR) is 50.5 cm³/mol. The summed E-state index contributed by atoms with van der Waals surface area (Å²) in [6, 6.07) is 0. The minimum Gasteiger partial charge on any atom is -0.396 e. The smallest absolute Gasteiger partial charge is 0.0436 e. The van der Waals surface area contributed by atoms with Gasteiger partial charge in [-0.25, -0.2) is 0 Å². The lowest BCUT2D eigenvalue weighted by molar-refractivity contribution is 0.294. The molecule has 1 N–H and O–H groups in total. The Bertz CT molecular complexity index is 134. The molecule has 5 radical (unpaired) electrons. The van der Waals surface area contributed by atoms with Gasteiger partial charge in [-0.05, 0) is 42.9 Å². The van der Waals surface area contributed by atoms with Crippen LogP contribution in [0.2, 0.25) is 0 Å². The molecule has 0 heterocycles. The maximum atomic E-state index is 8.73. The van der Waals surface area contributed by atoms with Crippen LogP contribution in [0.25, 0.3) is 0 Å². The first-order chi connectivity index (χ1) is 5.54. The summed E-state index contributed by atoms with van der Waals surface area (Å²) in [6.07, 6.45) is 7.19. The van der Waals surface area contributed by atoms with E-state index in [0.717, 1.165) is 6.42 Å². The van der Waals surface area contributed by atoms with Crippen LogP contribution in [0.1, 0.15) is 27.2 Å². The van der Waals surface area contributed by atoms with Crippen molar-refractivity contribution in [3.63, 3.8) is 0 Å². The van der Waals surface area contributed by atoms with Crippen LogP contribution in [0.3, 0.4) is 0 Å². The maximum absolute atomic E-state index is 8.73. The van der Waals surface area contributed by atoms with Crippen molar-refractivity contribution >= 4 is 0 Å². The van der Waals surface area contributed by atoms with E-state index in [4.69, 9.17) is 5.11 Å². The van der Waals surface area contributed by atoms with E-state index in [-0.39, 0.29) is 12.0 Å². The van der Waals surface area contributed by atoms with E-state index in [0.29, 0.717) is 0 Å². The molecular formula is C11H17O. The molecule has 0 amide bonds. The Morgan fingerprint density at radius 1 is 1.25 bits per heavy atom. The number of aliphatic hydroxyl groups is 1. The van der Waals surface area contributed by atoms with E-state index in [1.54, 1.807) is 0 Å². The van der Waals surface area contributed by atoms with Crippen molar-refractivity contribution in [1.82, 2.24) is 0 Å². The van der Waals surface area contributed by atoms with Gasteiger partial charge in [0.1, 0.15) is 0 Å². The topological polar surface area (TPSA) is 20.2 Å². The van der Waals surface area contributed by atoms with Crippen LogP contribution < -0.4 is 0 Å². The van der Waals surface area contributed by atoms with Crippen LogP contribution in [0, 0.1) is 36.5 Å². The molecule has 0 atom stereocenters. The van der Waals surface area contributed by atoms with Crippen molar-refractivity contribution in [2.24, 2.45) is 5.41 Å². The monoisotopic (exact) mass is 165 g/mol. The minimum atomic E-state index is 0.230. The first-order valence-corrected chi connectivity index (χ1v) is 4.41. The van der Waals surface area contributed by atoms with E-state index in [1.807, 2.05) is 0 Å². The van der Waals surface area contributed by atoms with Gasteiger partial charge in [0.25, 0.3) is 0 Å². The number of hydrogen-bond donors (Lipinski definition) is 1. The molecule has 0 aromatic heterocycles. The molecule has 0 aromatic rings. The molecule has 0 aromatic carbocycles. The van der Waals surface area contributed by atoms with Crippen LogP contribution in [0.15, 0.2) is 0 Å². The summed E-state index contributed by atoms with van der Waals surface area (Å²) < 4.78 is 0. The average molecular weight is 165 g/mol. The van der Waals surface area contributed by atoms with Crippen molar-refractivity contribution in [2.45, 2.75) is 27.2 Å². The Balaban J connectivity index is 2.35. The quantitative estimate of drug-likeness (QED) is 0.665. The van der Waals surface area contributed by atoms with E-state index < -0.39 is 0 Å². The molecule has 1 saturated carbocycles. The van der Waals surface area contributed by atoms with E-state index in [9.17, 15) is 0 Å². The second-order valence-corrected chi connectivity index (χ2v) is 4.23. The van der Waals surface area contributed by atoms with Gasteiger partial charge < -0.3 is 5.11 Å². The van der Waals surface area contributed by atoms with Crippen molar-refractivity contribution in [2.75, 3.05) is 6.61 Å². The van der Waals surface area contributed by atoms with Gasteiger partial charge in [0.15, 0.2) is 0 Å². The van der Waals surface area contributed by atoms with Crippen molar-refractivity contribution < 1.29 is 5.11 Å². The highest BCUT2D eigenvalue weighted by Gasteiger charge is 2.33. The molecule has 0 saturated heterocycles. The minimum absolute atomic E-state index is 0.230. The largest absolute Gasteiger partial charge is 0.396 e. The second-order valence-electron chi connectivity index (χ2n) is 4.23. The maximum Gasteiger partial charge on any atom is 0.0436 e. The second kappa shape index (κ2) is 3.78. The highest BCUT2D eigenvalue weighted by Crippen LogP contribution is 2.43. The van der Waals surface area contributed by atoms with Crippen molar-refractivity contribution in [3.8, 4) is 0 Å². The summed E-state index contributed by atoms with van der Waals surface area (Å²) in [7, 11) is 0. The highest BCUT2D eigenvalue weighted by molar-refractivity contribution is 5.44. The molecular weight excluding hydrogens is 148 g/mol. The molecule has 1 heteroatoms. The summed E-state index contributed by atoms with van der Waals surface area (Å²) in [5.41, 5.74) is 0.230. The van der Waals surface area contributed by atoms with Gasteiger partial charge in [0.2, 0.25) is 0 Å². The fraction of sp³-hybridized carbons (Fsp3) is 0.545. The Kier molecular flexibility index (Phi) is 3.16. The third kappa shape index (κ3) is 2.48. The summed E-state index contributed by atoms with van der Waals surface area (Å²) in [4.78, 5) is 0. The molecule has 1 rings (SSSR count). The molecule has 1 aliphatic rings.